The number of pyridine rings is 1. The van der Waals surface area contributed by atoms with Crippen LogP contribution >= 0.6 is 0 Å². The van der Waals surface area contributed by atoms with Crippen molar-refractivity contribution in [2.24, 2.45) is 11.8 Å². The Morgan fingerprint density at radius 3 is 2.80 bits per heavy atom. The molecule has 35 heavy (non-hydrogen) atoms. The lowest BCUT2D eigenvalue weighted by atomic mass is 9.76. The molecular weight excluding hydrogens is 450 g/mol. The standard InChI is InChI=1S/C24H29N7O4/c1-24(34-3)7-6-17(24)28-22(32)13-10-26-31-19(25-2)9-18(29-21(13)31)27-16-5-4-8-30(23(16)33)20-14-11-35-12-15(14)20/h4-5,8-10,14-15,17,20,25H,6-7,11-12H2,1-3H3,(H,27,29)(H,28,32)/t14-,15+,17?,20+,24-/m0/s1. The number of amides is 1. The molecule has 3 N–H and O–H groups in total. The quantitative estimate of drug-likeness (QED) is 0.469. The fourth-order valence-electron chi connectivity index (χ4n) is 5.37. The van der Waals surface area contributed by atoms with E-state index in [1.54, 1.807) is 35.4 Å². The Labute approximate surface area is 201 Å². The SMILES string of the molecule is CNc1cc(Nc2cccn([C@H]3[C@@H]4COC[C@@H]43)c2=O)nc2c(C(=O)NC3CC[C@]3(C)OC)cnn12. The Kier molecular flexibility index (Phi) is 5.08. The first-order valence-electron chi connectivity index (χ1n) is 11.9. The molecule has 4 heterocycles. The maximum atomic E-state index is 13.2. The van der Waals surface area contributed by atoms with E-state index in [0.717, 1.165) is 12.8 Å². The molecule has 0 aromatic carbocycles. The van der Waals surface area contributed by atoms with Gasteiger partial charge in [0.15, 0.2) is 5.65 Å². The molecule has 2 saturated carbocycles. The molecule has 0 bridgehead atoms. The molecule has 3 aliphatic rings. The Morgan fingerprint density at radius 1 is 1.31 bits per heavy atom. The molecule has 1 saturated heterocycles. The van der Waals surface area contributed by atoms with Crippen molar-refractivity contribution in [3.8, 4) is 0 Å². The van der Waals surface area contributed by atoms with E-state index in [2.05, 4.69) is 26.0 Å². The second-order valence-corrected chi connectivity index (χ2v) is 9.77. The number of hydrogen-bond acceptors (Lipinski definition) is 8. The molecule has 0 spiro atoms. The summed E-state index contributed by atoms with van der Waals surface area (Å²) in [5.41, 5.74) is 0.698. The lowest BCUT2D eigenvalue weighted by Crippen LogP contribution is -2.59. The van der Waals surface area contributed by atoms with Crippen molar-refractivity contribution in [2.75, 3.05) is 38.0 Å². The lowest BCUT2D eigenvalue weighted by Gasteiger charge is -2.45. The average Bonchev–Trinajstić information content (AvgIpc) is 3.17. The van der Waals surface area contributed by atoms with Crippen LogP contribution < -0.4 is 21.5 Å². The van der Waals surface area contributed by atoms with Crippen molar-refractivity contribution >= 4 is 28.9 Å². The minimum absolute atomic E-state index is 0.0740. The van der Waals surface area contributed by atoms with Gasteiger partial charge in [0.05, 0.1) is 31.1 Å². The summed E-state index contributed by atoms with van der Waals surface area (Å²) >= 11 is 0. The van der Waals surface area contributed by atoms with Crippen LogP contribution in [0.4, 0.5) is 17.3 Å². The van der Waals surface area contributed by atoms with Crippen molar-refractivity contribution in [3.05, 3.63) is 46.5 Å². The number of methoxy groups -OCH3 is 1. The largest absolute Gasteiger partial charge is 0.381 e. The average molecular weight is 480 g/mol. The topological polar surface area (TPSA) is 124 Å². The highest BCUT2D eigenvalue weighted by Crippen LogP contribution is 2.53. The van der Waals surface area contributed by atoms with Crippen molar-refractivity contribution in [3.63, 3.8) is 0 Å². The van der Waals surface area contributed by atoms with Crippen molar-refractivity contribution in [1.82, 2.24) is 24.5 Å². The van der Waals surface area contributed by atoms with Gasteiger partial charge in [-0.3, -0.25) is 9.59 Å². The molecule has 11 heteroatoms. The van der Waals surface area contributed by atoms with Gasteiger partial charge in [-0.2, -0.15) is 9.61 Å². The second-order valence-electron chi connectivity index (χ2n) is 9.77. The first kappa shape index (κ1) is 22.1. The molecule has 2 aliphatic carbocycles. The van der Waals surface area contributed by atoms with Crippen LogP contribution in [0.1, 0.15) is 36.2 Å². The maximum absolute atomic E-state index is 13.2. The lowest BCUT2D eigenvalue weighted by molar-refractivity contribution is -0.0828. The number of anilines is 3. The van der Waals surface area contributed by atoms with Gasteiger partial charge >= 0.3 is 0 Å². The molecule has 0 radical (unpaired) electrons. The van der Waals surface area contributed by atoms with Crippen LogP contribution in [0, 0.1) is 11.8 Å². The smallest absolute Gasteiger partial charge is 0.274 e. The van der Waals surface area contributed by atoms with Crippen LogP contribution in [-0.4, -0.2) is 64.1 Å². The van der Waals surface area contributed by atoms with Gasteiger partial charge in [0.1, 0.15) is 22.9 Å². The number of hydrogen-bond donors (Lipinski definition) is 3. The highest BCUT2D eigenvalue weighted by Gasteiger charge is 2.55. The van der Waals surface area contributed by atoms with Crippen LogP contribution in [0.15, 0.2) is 35.4 Å². The summed E-state index contributed by atoms with van der Waals surface area (Å²) in [5, 5.41) is 13.7. The Balaban J connectivity index is 1.30. The highest BCUT2D eigenvalue weighted by molar-refractivity contribution is 6.00. The maximum Gasteiger partial charge on any atom is 0.274 e. The number of rotatable bonds is 7. The Morgan fingerprint density at radius 2 is 2.11 bits per heavy atom. The molecule has 11 nitrogen and oxygen atoms in total. The van der Waals surface area contributed by atoms with E-state index < -0.39 is 0 Å². The fourth-order valence-corrected chi connectivity index (χ4v) is 5.37. The van der Waals surface area contributed by atoms with Gasteiger partial charge in [-0.25, -0.2) is 4.98 Å². The van der Waals surface area contributed by atoms with Crippen molar-refractivity contribution in [2.45, 2.75) is 37.5 Å². The third-order valence-corrected chi connectivity index (χ3v) is 7.88. The molecule has 3 fully saturated rings. The summed E-state index contributed by atoms with van der Waals surface area (Å²) in [7, 11) is 3.43. The number of nitrogens with zero attached hydrogens (tertiary/aromatic N) is 4. The van der Waals surface area contributed by atoms with E-state index in [0.29, 0.717) is 53.6 Å². The molecule has 1 unspecified atom stereocenters. The summed E-state index contributed by atoms with van der Waals surface area (Å²) < 4.78 is 14.4. The molecular formula is C24H29N7O4. The highest BCUT2D eigenvalue weighted by atomic mass is 16.5. The third kappa shape index (κ3) is 3.49. The van der Waals surface area contributed by atoms with Crippen LogP contribution in [0.2, 0.25) is 0 Å². The predicted molar refractivity (Wildman–Crippen MR) is 129 cm³/mol. The molecule has 3 aromatic rings. The second kappa shape index (κ2) is 8.06. The number of carbonyl (C=O) groups excluding carboxylic acids is 1. The summed E-state index contributed by atoms with van der Waals surface area (Å²) in [6.07, 6.45) is 5.09. The predicted octanol–water partition coefficient (Wildman–Crippen LogP) is 1.79. The van der Waals surface area contributed by atoms with Crippen LogP contribution in [0.5, 0.6) is 0 Å². The number of nitrogens with one attached hydrogen (secondary N) is 3. The molecule has 184 valence electrons. The first-order valence-corrected chi connectivity index (χ1v) is 11.9. The van der Waals surface area contributed by atoms with Crippen molar-refractivity contribution < 1.29 is 14.3 Å². The van der Waals surface area contributed by atoms with Crippen molar-refractivity contribution in [1.29, 1.82) is 0 Å². The van der Waals surface area contributed by atoms with Gasteiger partial charge in [-0.15, -0.1) is 0 Å². The zero-order chi connectivity index (χ0) is 24.3. The number of aromatic nitrogens is 4. The zero-order valence-corrected chi connectivity index (χ0v) is 19.9. The third-order valence-electron chi connectivity index (χ3n) is 7.88. The van der Waals surface area contributed by atoms with Gasteiger partial charge in [0.2, 0.25) is 0 Å². The van der Waals surface area contributed by atoms with Gasteiger partial charge in [-0.1, -0.05) is 0 Å². The summed E-state index contributed by atoms with van der Waals surface area (Å²) in [6.45, 7) is 3.41. The first-order chi connectivity index (χ1) is 16.9. The summed E-state index contributed by atoms with van der Waals surface area (Å²) in [6, 6.07) is 5.47. The Bertz CT molecular complexity index is 1350. The summed E-state index contributed by atoms with van der Waals surface area (Å²) in [4.78, 5) is 31.0. The van der Waals surface area contributed by atoms with E-state index in [-0.39, 0.29) is 29.2 Å². The number of carbonyl (C=O) groups is 1. The van der Waals surface area contributed by atoms with E-state index >= 15 is 0 Å². The zero-order valence-electron chi connectivity index (χ0n) is 19.9. The van der Waals surface area contributed by atoms with Gasteiger partial charge < -0.3 is 30.0 Å². The van der Waals surface area contributed by atoms with E-state index in [1.165, 1.54) is 6.20 Å². The van der Waals surface area contributed by atoms with Crippen LogP contribution in [-0.2, 0) is 9.47 Å². The van der Waals surface area contributed by atoms with E-state index in [1.807, 2.05) is 19.2 Å². The van der Waals surface area contributed by atoms with Gasteiger partial charge in [0.25, 0.3) is 11.5 Å². The normalized spacial score (nSPS) is 28.9. The molecule has 1 aliphatic heterocycles. The fraction of sp³-hybridized carbons (Fsp3) is 0.500. The molecule has 3 aromatic heterocycles. The Hall–Kier alpha value is -3.44. The number of fused-ring (bicyclic) bond motifs is 2. The molecule has 5 atom stereocenters. The van der Waals surface area contributed by atoms with Gasteiger partial charge in [-0.05, 0) is 31.9 Å². The minimum Gasteiger partial charge on any atom is -0.381 e. The summed E-state index contributed by atoms with van der Waals surface area (Å²) in [5.74, 6) is 1.64. The molecule has 6 rings (SSSR count). The molecule has 1 amide bonds. The van der Waals surface area contributed by atoms with Crippen LogP contribution in [0.25, 0.3) is 5.65 Å². The monoisotopic (exact) mass is 479 g/mol. The minimum atomic E-state index is -0.367. The number of ether oxygens (including phenoxy) is 2. The van der Waals surface area contributed by atoms with E-state index in [4.69, 9.17) is 9.47 Å². The van der Waals surface area contributed by atoms with Gasteiger partial charge in [0, 0.05) is 44.3 Å². The van der Waals surface area contributed by atoms with Crippen LogP contribution in [0.3, 0.4) is 0 Å². The van der Waals surface area contributed by atoms with E-state index in [9.17, 15) is 9.59 Å².